The maximum atomic E-state index is 12.4. The Morgan fingerprint density at radius 1 is 1.50 bits per heavy atom. The fraction of sp³-hybridized carbons (Fsp3) is 0.500. The van der Waals surface area contributed by atoms with Gasteiger partial charge in [0.25, 0.3) is 0 Å². The molecular formula is C14H20N2O2. The minimum absolute atomic E-state index is 0.0153. The number of hydrogen-bond donors (Lipinski definition) is 2. The van der Waals surface area contributed by atoms with Crippen LogP contribution in [-0.2, 0) is 4.79 Å². The lowest BCUT2D eigenvalue weighted by atomic mass is 9.98. The minimum atomic E-state index is -0.758. The summed E-state index contributed by atoms with van der Waals surface area (Å²) in [6.45, 7) is 3.06. The van der Waals surface area contributed by atoms with Gasteiger partial charge in [-0.05, 0) is 18.9 Å². The van der Waals surface area contributed by atoms with E-state index in [9.17, 15) is 9.90 Å². The van der Waals surface area contributed by atoms with Gasteiger partial charge >= 0.3 is 0 Å². The molecule has 0 saturated carbocycles. The van der Waals surface area contributed by atoms with Crippen molar-refractivity contribution in [3.8, 4) is 0 Å². The van der Waals surface area contributed by atoms with Crippen LogP contribution in [0.1, 0.15) is 24.8 Å². The monoisotopic (exact) mass is 248 g/mol. The number of carbonyl (C=O) groups excluding carboxylic acids is 1. The summed E-state index contributed by atoms with van der Waals surface area (Å²) < 4.78 is 0. The summed E-state index contributed by atoms with van der Waals surface area (Å²) in [7, 11) is 0. The van der Waals surface area contributed by atoms with Gasteiger partial charge in [-0.3, -0.25) is 4.79 Å². The molecule has 1 amide bonds. The number of nitrogens with zero attached hydrogens (tertiary/aromatic N) is 1. The number of benzene rings is 1. The van der Waals surface area contributed by atoms with Crippen LogP contribution >= 0.6 is 0 Å². The third-order valence-corrected chi connectivity index (χ3v) is 3.50. The summed E-state index contributed by atoms with van der Waals surface area (Å²) in [6, 6.07) is 9.58. The molecule has 98 valence electrons. The van der Waals surface area contributed by atoms with Crippen LogP contribution in [0, 0.1) is 0 Å². The number of carbonyl (C=O) groups is 1. The van der Waals surface area contributed by atoms with Gasteiger partial charge in [0.15, 0.2) is 0 Å². The van der Waals surface area contributed by atoms with E-state index in [1.807, 2.05) is 30.3 Å². The number of rotatable bonds is 3. The SMILES string of the molecule is CC1(O)CCN(C(=O)C(CN)c2ccccc2)C1. The predicted octanol–water partition coefficient (Wildman–Crippen LogP) is 0.712. The highest BCUT2D eigenvalue weighted by Gasteiger charge is 2.36. The van der Waals surface area contributed by atoms with E-state index in [0.717, 1.165) is 5.56 Å². The van der Waals surface area contributed by atoms with Crippen LogP contribution in [0.25, 0.3) is 0 Å². The average Bonchev–Trinajstić information content (AvgIpc) is 2.72. The largest absolute Gasteiger partial charge is 0.388 e. The maximum Gasteiger partial charge on any atom is 0.231 e. The molecule has 0 aliphatic carbocycles. The van der Waals surface area contributed by atoms with Crippen LogP contribution in [-0.4, -0.2) is 41.1 Å². The number of aliphatic hydroxyl groups is 1. The number of amides is 1. The molecule has 0 radical (unpaired) electrons. The van der Waals surface area contributed by atoms with Crippen LogP contribution in [0.4, 0.5) is 0 Å². The van der Waals surface area contributed by atoms with Crippen molar-refractivity contribution in [1.29, 1.82) is 0 Å². The first kappa shape index (κ1) is 13.1. The molecule has 1 aromatic rings. The summed E-state index contributed by atoms with van der Waals surface area (Å²) >= 11 is 0. The molecule has 18 heavy (non-hydrogen) atoms. The minimum Gasteiger partial charge on any atom is -0.388 e. The number of β-amino-alcohol motifs (C(OH)–C–C–N with tert-alkyl or cyclic N) is 1. The van der Waals surface area contributed by atoms with Crippen molar-refractivity contribution < 1.29 is 9.90 Å². The van der Waals surface area contributed by atoms with Crippen LogP contribution < -0.4 is 5.73 Å². The smallest absolute Gasteiger partial charge is 0.231 e. The van der Waals surface area contributed by atoms with E-state index in [1.165, 1.54) is 0 Å². The third kappa shape index (κ3) is 2.71. The van der Waals surface area contributed by atoms with E-state index in [4.69, 9.17) is 5.73 Å². The summed E-state index contributed by atoms with van der Waals surface area (Å²) in [4.78, 5) is 14.1. The standard InChI is InChI=1S/C14H20N2O2/c1-14(18)7-8-16(10-14)13(17)12(9-15)11-5-3-2-4-6-11/h2-6,12,18H,7-10,15H2,1H3. The Bertz CT molecular complexity index is 417. The number of hydrogen-bond acceptors (Lipinski definition) is 3. The fourth-order valence-corrected chi connectivity index (χ4v) is 2.42. The van der Waals surface area contributed by atoms with Gasteiger partial charge in [-0.15, -0.1) is 0 Å². The molecule has 0 aromatic heterocycles. The van der Waals surface area contributed by atoms with Crippen LogP contribution in [0.5, 0.6) is 0 Å². The quantitative estimate of drug-likeness (QED) is 0.828. The van der Waals surface area contributed by atoms with Gasteiger partial charge in [0.1, 0.15) is 0 Å². The highest BCUT2D eigenvalue weighted by molar-refractivity contribution is 5.84. The van der Waals surface area contributed by atoms with Gasteiger partial charge in [0, 0.05) is 19.6 Å². The second-order valence-electron chi connectivity index (χ2n) is 5.21. The zero-order valence-corrected chi connectivity index (χ0v) is 10.7. The Morgan fingerprint density at radius 2 is 2.17 bits per heavy atom. The maximum absolute atomic E-state index is 12.4. The first-order chi connectivity index (χ1) is 8.53. The molecule has 4 nitrogen and oxygen atoms in total. The highest BCUT2D eigenvalue weighted by Crippen LogP contribution is 2.25. The van der Waals surface area contributed by atoms with Crippen molar-refractivity contribution in [2.75, 3.05) is 19.6 Å². The Morgan fingerprint density at radius 3 is 2.67 bits per heavy atom. The van der Waals surface area contributed by atoms with Gasteiger partial charge in [-0.1, -0.05) is 30.3 Å². The topological polar surface area (TPSA) is 66.6 Å². The van der Waals surface area contributed by atoms with E-state index in [-0.39, 0.29) is 11.8 Å². The van der Waals surface area contributed by atoms with Gasteiger partial charge in [-0.25, -0.2) is 0 Å². The van der Waals surface area contributed by atoms with Crippen molar-refractivity contribution in [3.05, 3.63) is 35.9 Å². The molecule has 0 spiro atoms. The van der Waals surface area contributed by atoms with E-state index in [0.29, 0.717) is 26.1 Å². The van der Waals surface area contributed by atoms with Crippen LogP contribution in [0.15, 0.2) is 30.3 Å². The van der Waals surface area contributed by atoms with Gasteiger partial charge in [-0.2, -0.15) is 0 Å². The van der Waals surface area contributed by atoms with Crippen LogP contribution in [0.2, 0.25) is 0 Å². The van der Waals surface area contributed by atoms with Gasteiger partial charge in [0.2, 0.25) is 5.91 Å². The molecule has 0 bridgehead atoms. The lowest BCUT2D eigenvalue weighted by Gasteiger charge is -2.24. The van der Waals surface area contributed by atoms with Gasteiger partial charge in [0.05, 0.1) is 11.5 Å². The molecule has 2 rings (SSSR count). The van der Waals surface area contributed by atoms with Crippen LogP contribution in [0.3, 0.4) is 0 Å². The highest BCUT2D eigenvalue weighted by atomic mass is 16.3. The Kier molecular flexibility index (Phi) is 3.68. The molecule has 1 fully saturated rings. The second kappa shape index (κ2) is 5.08. The van der Waals surface area contributed by atoms with E-state index in [2.05, 4.69) is 0 Å². The summed E-state index contributed by atoms with van der Waals surface area (Å²) in [6.07, 6.45) is 0.630. The molecule has 3 N–H and O–H groups in total. The zero-order valence-electron chi connectivity index (χ0n) is 10.7. The van der Waals surface area contributed by atoms with Crippen molar-refractivity contribution in [2.24, 2.45) is 5.73 Å². The third-order valence-electron chi connectivity index (χ3n) is 3.50. The summed E-state index contributed by atoms with van der Waals surface area (Å²) in [5.41, 5.74) is 5.91. The second-order valence-corrected chi connectivity index (χ2v) is 5.21. The Labute approximate surface area is 107 Å². The average molecular weight is 248 g/mol. The zero-order chi connectivity index (χ0) is 13.2. The van der Waals surface area contributed by atoms with Gasteiger partial charge < -0.3 is 15.7 Å². The first-order valence-corrected chi connectivity index (χ1v) is 6.30. The molecule has 1 saturated heterocycles. The van der Waals surface area contributed by atoms with Crippen molar-refractivity contribution in [1.82, 2.24) is 4.90 Å². The van der Waals surface area contributed by atoms with E-state index >= 15 is 0 Å². The fourth-order valence-electron chi connectivity index (χ4n) is 2.42. The van der Waals surface area contributed by atoms with Crippen molar-refractivity contribution >= 4 is 5.91 Å². The predicted molar refractivity (Wildman–Crippen MR) is 70.1 cm³/mol. The lowest BCUT2D eigenvalue weighted by molar-refractivity contribution is -0.132. The van der Waals surface area contributed by atoms with Crippen molar-refractivity contribution in [3.63, 3.8) is 0 Å². The van der Waals surface area contributed by atoms with E-state index < -0.39 is 5.60 Å². The first-order valence-electron chi connectivity index (χ1n) is 6.30. The normalized spacial score (nSPS) is 25.2. The summed E-state index contributed by atoms with van der Waals surface area (Å²) in [5.74, 6) is -0.290. The Hall–Kier alpha value is -1.39. The molecule has 1 aliphatic rings. The molecular weight excluding hydrogens is 228 g/mol. The molecule has 2 unspecified atom stereocenters. The summed E-state index contributed by atoms with van der Waals surface area (Å²) in [5, 5.41) is 9.91. The van der Waals surface area contributed by atoms with Crippen molar-refractivity contribution in [2.45, 2.75) is 24.9 Å². The molecule has 1 heterocycles. The molecule has 2 atom stereocenters. The number of likely N-dealkylation sites (tertiary alicyclic amines) is 1. The molecule has 1 aliphatic heterocycles. The Balaban J connectivity index is 2.12. The molecule has 1 aromatic carbocycles. The van der Waals surface area contributed by atoms with E-state index in [1.54, 1.807) is 11.8 Å². The number of nitrogens with two attached hydrogens (primary N) is 1. The molecule has 4 heteroatoms. The lowest BCUT2D eigenvalue weighted by Crippen LogP contribution is -2.39.